The van der Waals surface area contributed by atoms with E-state index in [4.69, 9.17) is 0 Å². The average molecular weight is 245 g/mol. The van der Waals surface area contributed by atoms with Crippen molar-refractivity contribution in [2.24, 2.45) is 0 Å². The number of hydrogen-bond acceptors (Lipinski definition) is 3. The Morgan fingerprint density at radius 3 is 3.17 bits per heavy atom. The fourth-order valence-electron chi connectivity index (χ4n) is 1.09. The molecule has 2 heterocycles. The summed E-state index contributed by atoms with van der Waals surface area (Å²) in [6.07, 6.45) is 2.68. The van der Waals surface area contributed by atoms with E-state index >= 15 is 0 Å². The van der Waals surface area contributed by atoms with Crippen LogP contribution in [-0.2, 0) is 0 Å². The maximum Gasteiger partial charge on any atom is 0.195 e. The molecule has 2 rings (SSSR count). The van der Waals surface area contributed by atoms with Crippen LogP contribution in [-0.4, -0.2) is 15.7 Å². The summed E-state index contributed by atoms with van der Waals surface area (Å²) in [6, 6.07) is 0. The number of hydrogen-bond donors (Lipinski definition) is 0. The quantitative estimate of drug-likeness (QED) is 0.722. The zero-order valence-electron chi connectivity index (χ0n) is 6.24. The molecular formula is C7H5BrN2OS. The number of imidazole rings is 1. The molecule has 0 bridgehead atoms. The molecule has 0 amide bonds. The van der Waals surface area contributed by atoms with Crippen molar-refractivity contribution in [3.8, 4) is 0 Å². The smallest absolute Gasteiger partial charge is 0.195 e. The first kappa shape index (κ1) is 7.94. The first-order valence-corrected chi connectivity index (χ1v) is 4.92. The van der Waals surface area contributed by atoms with Gasteiger partial charge in [-0.15, -0.1) is 0 Å². The highest BCUT2D eigenvalue weighted by Gasteiger charge is 2.09. The number of carbonyl (C=O) groups excluding carboxylic acids is 1. The van der Waals surface area contributed by atoms with Crippen molar-refractivity contribution in [2.75, 3.05) is 0 Å². The van der Waals surface area contributed by atoms with Gasteiger partial charge in [0.05, 0.1) is 9.48 Å². The first-order chi connectivity index (χ1) is 5.72. The van der Waals surface area contributed by atoms with Gasteiger partial charge >= 0.3 is 0 Å². The van der Waals surface area contributed by atoms with E-state index in [-0.39, 0.29) is 0 Å². The van der Waals surface area contributed by atoms with Crippen LogP contribution >= 0.6 is 27.3 Å². The highest BCUT2D eigenvalue weighted by atomic mass is 79.9. The molecule has 0 atom stereocenters. The average Bonchev–Trinajstić information content (AvgIpc) is 2.43. The highest BCUT2D eigenvalue weighted by Crippen LogP contribution is 2.24. The van der Waals surface area contributed by atoms with Crippen molar-refractivity contribution in [1.29, 1.82) is 0 Å². The lowest BCUT2D eigenvalue weighted by Crippen LogP contribution is -1.87. The summed E-state index contributed by atoms with van der Waals surface area (Å²) in [5, 5.41) is 0. The van der Waals surface area contributed by atoms with Crippen LogP contribution in [0, 0.1) is 6.92 Å². The van der Waals surface area contributed by atoms with Crippen LogP contribution in [0.2, 0.25) is 0 Å². The maximum absolute atomic E-state index is 10.6. The van der Waals surface area contributed by atoms with Gasteiger partial charge in [0, 0.05) is 6.20 Å². The fraction of sp³-hybridized carbons (Fsp3) is 0.143. The molecule has 0 unspecified atom stereocenters. The summed E-state index contributed by atoms with van der Waals surface area (Å²) in [7, 11) is 0. The summed E-state index contributed by atoms with van der Waals surface area (Å²) < 4.78 is 2.77. The van der Waals surface area contributed by atoms with Gasteiger partial charge in [-0.3, -0.25) is 9.20 Å². The predicted molar refractivity (Wildman–Crippen MR) is 50.9 cm³/mol. The van der Waals surface area contributed by atoms with Gasteiger partial charge in [-0.1, -0.05) is 11.3 Å². The molecule has 0 spiro atoms. The highest BCUT2D eigenvalue weighted by molar-refractivity contribution is 9.11. The summed E-state index contributed by atoms with van der Waals surface area (Å²) in [5.41, 5.74) is 1.41. The van der Waals surface area contributed by atoms with Gasteiger partial charge in [-0.2, -0.15) is 0 Å². The van der Waals surface area contributed by atoms with Gasteiger partial charge in [0.25, 0.3) is 0 Å². The van der Waals surface area contributed by atoms with E-state index in [1.165, 1.54) is 11.3 Å². The van der Waals surface area contributed by atoms with Crippen LogP contribution in [0.1, 0.15) is 16.2 Å². The van der Waals surface area contributed by atoms with Crippen molar-refractivity contribution < 1.29 is 4.79 Å². The molecule has 5 heteroatoms. The van der Waals surface area contributed by atoms with Crippen molar-refractivity contribution in [3.63, 3.8) is 0 Å². The molecule has 12 heavy (non-hydrogen) atoms. The zero-order chi connectivity index (χ0) is 8.72. The number of fused-ring (bicyclic) bond motifs is 1. The third-order valence-corrected chi connectivity index (χ3v) is 3.09. The first-order valence-electron chi connectivity index (χ1n) is 3.31. The van der Waals surface area contributed by atoms with E-state index < -0.39 is 0 Å². The third kappa shape index (κ3) is 1.01. The van der Waals surface area contributed by atoms with Crippen LogP contribution in [0.4, 0.5) is 0 Å². The molecular weight excluding hydrogens is 240 g/mol. The van der Waals surface area contributed by atoms with E-state index in [1.54, 1.807) is 4.40 Å². The Kier molecular flexibility index (Phi) is 1.77. The second-order valence-corrected chi connectivity index (χ2v) is 4.78. The third-order valence-electron chi connectivity index (χ3n) is 1.63. The van der Waals surface area contributed by atoms with Crippen molar-refractivity contribution in [3.05, 3.63) is 21.4 Å². The minimum Gasteiger partial charge on any atom is -0.296 e. The Labute approximate surface area is 81.2 Å². The molecule has 0 saturated heterocycles. The molecule has 3 nitrogen and oxygen atoms in total. The van der Waals surface area contributed by atoms with Gasteiger partial charge in [0.1, 0.15) is 5.69 Å². The van der Waals surface area contributed by atoms with Gasteiger partial charge in [-0.05, 0) is 22.9 Å². The molecule has 0 N–H and O–H groups in total. The predicted octanol–water partition coefficient (Wildman–Crippen LogP) is 2.28. The molecule has 0 aliphatic heterocycles. The lowest BCUT2D eigenvalue weighted by molar-refractivity contribution is 0.111. The molecule has 62 valence electrons. The molecule has 0 radical (unpaired) electrons. The van der Waals surface area contributed by atoms with E-state index in [0.717, 1.165) is 20.7 Å². The van der Waals surface area contributed by atoms with Gasteiger partial charge in [0.15, 0.2) is 11.2 Å². The Morgan fingerprint density at radius 2 is 2.50 bits per heavy atom. The summed E-state index contributed by atoms with van der Waals surface area (Å²) in [4.78, 5) is 15.7. The molecule has 0 aromatic carbocycles. The van der Waals surface area contributed by atoms with Gasteiger partial charge < -0.3 is 0 Å². The minimum atomic E-state index is 0.631. The molecule has 0 saturated carbocycles. The summed E-state index contributed by atoms with van der Waals surface area (Å²) >= 11 is 4.85. The van der Waals surface area contributed by atoms with Crippen LogP contribution < -0.4 is 0 Å². The number of halogens is 1. The number of thiazole rings is 1. The molecule has 2 aromatic heterocycles. The van der Waals surface area contributed by atoms with E-state index in [9.17, 15) is 4.79 Å². The number of aryl methyl sites for hydroxylation is 1. The minimum absolute atomic E-state index is 0.631. The van der Waals surface area contributed by atoms with Gasteiger partial charge in [-0.25, -0.2) is 4.98 Å². The number of rotatable bonds is 1. The van der Waals surface area contributed by atoms with E-state index in [2.05, 4.69) is 20.9 Å². The zero-order valence-corrected chi connectivity index (χ0v) is 8.65. The van der Waals surface area contributed by atoms with Gasteiger partial charge in [0.2, 0.25) is 0 Å². The second kappa shape index (κ2) is 2.67. The standard InChI is InChI=1S/C7H5BrN2OS/c1-4-5(3-11)10-2-6(8)12-7(10)9-4/h2-3H,1H3. The molecule has 0 aliphatic carbocycles. The second-order valence-electron chi connectivity index (χ2n) is 2.39. The van der Waals surface area contributed by atoms with Crippen LogP contribution in [0.3, 0.4) is 0 Å². The normalized spacial score (nSPS) is 10.8. The lowest BCUT2D eigenvalue weighted by Gasteiger charge is -1.85. The monoisotopic (exact) mass is 244 g/mol. The number of aldehydes is 1. The topological polar surface area (TPSA) is 34.4 Å². The molecule has 0 fully saturated rings. The summed E-state index contributed by atoms with van der Waals surface area (Å²) in [6.45, 7) is 1.83. The Morgan fingerprint density at radius 1 is 1.75 bits per heavy atom. The number of nitrogens with zero attached hydrogens (tertiary/aromatic N) is 2. The van der Waals surface area contributed by atoms with E-state index in [0.29, 0.717) is 5.69 Å². The maximum atomic E-state index is 10.6. The van der Waals surface area contributed by atoms with E-state index in [1.807, 2.05) is 13.1 Å². The number of aromatic nitrogens is 2. The van der Waals surface area contributed by atoms with Crippen molar-refractivity contribution in [2.45, 2.75) is 6.92 Å². The SMILES string of the molecule is Cc1nc2sc(Br)cn2c1C=O. The van der Waals surface area contributed by atoms with Crippen molar-refractivity contribution in [1.82, 2.24) is 9.38 Å². The summed E-state index contributed by atoms with van der Waals surface area (Å²) in [5.74, 6) is 0. The molecule has 2 aromatic rings. The van der Waals surface area contributed by atoms with Crippen LogP contribution in [0.5, 0.6) is 0 Å². The van der Waals surface area contributed by atoms with Crippen LogP contribution in [0.15, 0.2) is 9.98 Å². The number of carbonyl (C=O) groups is 1. The fourth-order valence-corrected chi connectivity index (χ4v) is 2.49. The lowest BCUT2D eigenvalue weighted by atomic mass is 10.4. The van der Waals surface area contributed by atoms with Crippen molar-refractivity contribution >= 4 is 38.5 Å². The Balaban J connectivity index is 2.86. The molecule has 0 aliphatic rings. The van der Waals surface area contributed by atoms with Crippen LogP contribution in [0.25, 0.3) is 4.96 Å². The Hall–Kier alpha value is -0.680. The largest absolute Gasteiger partial charge is 0.296 e. The Bertz CT molecular complexity index is 445.